The molecule has 0 aliphatic rings. The summed E-state index contributed by atoms with van der Waals surface area (Å²) in [5.74, 6) is 0.920. The first kappa shape index (κ1) is 17.5. The van der Waals surface area contributed by atoms with E-state index in [2.05, 4.69) is 12.1 Å². The molecule has 1 rings (SSSR count). The second kappa shape index (κ2) is 11.2. The van der Waals surface area contributed by atoms with Gasteiger partial charge >= 0.3 is 0 Å². The standard InChI is InChI=1S/C18H29NO2/c1-3-4-5-6-7-8-9-14-21-18-12-10-17(11-13-18)15-16(2)19-20/h10-13,20H,3-9,14-15H2,1-2H3/b19-16+. The molecule has 118 valence electrons. The molecule has 0 amide bonds. The Morgan fingerprint density at radius 1 is 1.00 bits per heavy atom. The zero-order valence-electron chi connectivity index (χ0n) is 13.5. The zero-order valence-corrected chi connectivity index (χ0v) is 13.5. The van der Waals surface area contributed by atoms with Crippen LogP contribution in [0.5, 0.6) is 5.75 Å². The summed E-state index contributed by atoms with van der Waals surface area (Å²) in [6.07, 6.45) is 9.78. The maximum absolute atomic E-state index is 8.65. The van der Waals surface area contributed by atoms with Crippen LogP contribution in [0, 0.1) is 0 Å². The average Bonchev–Trinajstić information content (AvgIpc) is 2.51. The molecule has 0 unspecified atom stereocenters. The minimum Gasteiger partial charge on any atom is -0.494 e. The topological polar surface area (TPSA) is 41.8 Å². The quantitative estimate of drug-likeness (QED) is 0.263. The molecule has 0 saturated heterocycles. The fourth-order valence-electron chi connectivity index (χ4n) is 2.28. The molecule has 0 radical (unpaired) electrons. The molecule has 1 aromatic carbocycles. The van der Waals surface area contributed by atoms with Crippen LogP contribution in [0.1, 0.15) is 64.4 Å². The lowest BCUT2D eigenvalue weighted by Gasteiger charge is -2.07. The largest absolute Gasteiger partial charge is 0.494 e. The summed E-state index contributed by atoms with van der Waals surface area (Å²) in [5.41, 5.74) is 1.85. The first-order valence-corrected chi connectivity index (χ1v) is 8.15. The summed E-state index contributed by atoms with van der Waals surface area (Å²) in [5, 5.41) is 11.8. The van der Waals surface area contributed by atoms with Crippen LogP contribution in [0.25, 0.3) is 0 Å². The van der Waals surface area contributed by atoms with E-state index in [-0.39, 0.29) is 0 Å². The lowest BCUT2D eigenvalue weighted by molar-refractivity contribution is 0.304. The number of nitrogens with zero attached hydrogens (tertiary/aromatic N) is 1. The van der Waals surface area contributed by atoms with E-state index >= 15 is 0 Å². The molecule has 0 spiro atoms. The van der Waals surface area contributed by atoms with Gasteiger partial charge in [0.1, 0.15) is 5.75 Å². The van der Waals surface area contributed by atoms with Crippen molar-refractivity contribution in [2.45, 2.75) is 65.2 Å². The molecule has 0 aliphatic heterocycles. The van der Waals surface area contributed by atoms with E-state index in [0.717, 1.165) is 24.3 Å². The second-order valence-electron chi connectivity index (χ2n) is 5.63. The van der Waals surface area contributed by atoms with Crippen molar-refractivity contribution in [2.24, 2.45) is 5.16 Å². The van der Waals surface area contributed by atoms with Crippen molar-refractivity contribution in [3.63, 3.8) is 0 Å². The third-order valence-electron chi connectivity index (χ3n) is 3.57. The molecule has 1 aromatic rings. The van der Waals surface area contributed by atoms with Crippen molar-refractivity contribution in [3.05, 3.63) is 29.8 Å². The molecule has 0 aliphatic carbocycles. The molecule has 3 heteroatoms. The van der Waals surface area contributed by atoms with Crippen LogP contribution < -0.4 is 4.74 Å². The van der Waals surface area contributed by atoms with E-state index in [0.29, 0.717) is 12.1 Å². The molecule has 21 heavy (non-hydrogen) atoms. The van der Waals surface area contributed by atoms with E-state index in [4.69, 9.17) is 9.94 Å². The SMILES string of the molecule is CCCCCCCCCOc1ccc(C/C(C)=N/O)cc1. The zero-order chi connectivity index (χ0) is 15.3. The van der Waals surface area contributed by atoms with Crippen LogP contribution in [0.3, 0.4) is 0 Å². The molecular weight excluding hydrogens is 262 g/mol. The van der Waals surface area contributed by atoms with Crippen molar-refractivity contribution < 1.29 is 9.94 Å². The van der Waals surface area contributed by atoms with Crippen molar-refractivity contribution in [1.82, 2.24) is 0 Å². The molecule has 0 aromatic heterocycles. The Bertz CT molecular complexity index is 398. The Hall–Kier alpha value is -1.51. The van der Waals surface area contributed by atoms with Gasteiger partial charge in [0.15, 0.2) is 0 Å². The first-order chi connectivity index (χ1) is 10.3. The molecule has 3 nitrogen and oxygen atoms in total. The number of hydrogen-bond acceptors (Lipinski definition) is 3. The van der Waals surface area contributed by atoms with Crippen LogP contribution in [0.15, 0.2) is 29.4 Å². The van der Waals surface area contributed by atoms with Crippen LogP contribution in [-0.4, -0.2) is 17.5 Å². The Morgan fingerprint density at radius 3 is 2.24 bits per heavy atom. The molecule has 1 N–H and O–H groups in total. The van der Waals surface area contributed by atoms with E-state index in [9.17, 15) is 0 Å². The highest BCUT2D eigenvalue weighted by atomic mass is 16.5. The number of ether oxygens (including phenoxy) is 1. The maximum atomic E-state index is 8.65. The third-order valence-corrected chi connectivity index (χ3v) is 3.57. The van der Waals surface area contributed by atoms with Gasteiger partial charge in [-0.2, -0.15) is 0 Å². The minimum atomic E-state index is 0.675. The van der Waals surface area contributed by atoms with Gasteiger partial charge in [0.2, 0.25) is 0 Å². The molecule has 0 heterocycles. The maximum Gasteiger partial charge on any atom is 0.119 e. The van der Waals surface area contributed by atoms with Gasteiger partial charge < -0.3 is 9.94 Å². The average molecular weight is 291 g/mol. The fourth-order valence-corrected chi connectivity index (χ4v) is 2.28. The van der Waals surface area contributed by atoms with Gasteiger partial charge in [-0.05, 0) is 31.0 Å². The number of oxime groups is 1. The summed E-state index contributed by atoms with van der Waals surface area (Å²) in [4.78, 5) is 0. The van der Waals surface area contributed by atoms with Gasteiger partial charge in [-0.25, -0.2) is 0 Å². The second-order valence-corrected chi connectivity index (χ2v) is 5.63. The number of benzene rings is 1. The summed E-state index contributed by atoms with van der Waals surface area (Å²) >= 11 is 0. The van der Waals surface area contributed by atoms with Crippen molar-refractivity contribution >= 4 is 5.71 Å². The van der Waals surface area contributed by atoms with Gasteiger partial charge in [0.05, 0.1) is 12.3 Å². The van der Waals surface area contributed by atoms with Crippen LogP contribution in [0.2, 0.25) is 0 Å². The van der Waals surface area contributed by atoms with E-state index in [1.54, 1.807) is 0 Å². The first-order valence-electron chi connectivity index (χ1n) is 8.15. The molecule has 0 atom stereocenters. The van der Waals surface area contributed by atoms with Crippen molar-refractivity contribution in [1.29, 1.82) is 0 Å². The van der Waals surface area contributed by atoms with Crippen LogP contribution >= 0.6 is 0 Å². The summed E-state index contributed by atoms with van der Waals surface area (Å²) in [7, 11) is 0. The molecular formula is C18H29NO2. The van der Waals surface area contributed by atoms with Gasteiger partial charge in [0, 0.05) is 6.42 Å². The van der Waals surface area contributed by atoms with Gasteiger partial charge in [-0.1, -0.05) is 62.7 Å². The summed E-state index contributed by atoms with van der Waals surface area (Å²) in [6.45, 7) is 4.85. The van der Waals surface area contributed by atoms with E-state index in [1.165, 1.54) is 38.5 Å². The minimum absolute atomic E-state index is 0.675. The Morgan fingerprint density at radius 2 is 1.62 bits per heavy atom. The number of unbranched alkanes of at least 4 members (excludes halogenated alkanes) is 6. The molecule has 0 bridgehead atoms. The fraction of sp³-hybridized carbons (Fsp3) is 0.611. The highest BCUT2D eigenvalue weighted by molar-refractivity contribution is 5.83. The monoisotopic (exact) mass is 291 g/mol. The van der Waals surface area contributed by atoms with E-state index in [1.807, 2.05) is 31.2 Å². The van der Waals surface area contributed by atoms with Crippen molar-refractivity contribution in [2.75, 3.05) is 6.61 Å². The smallest absolute Gasteiger partial charge is 0.119 e. The van der Waals surface area contributed by atoms with E-state index < -0.39 is 0 Å². The number of rotatable bonds is 11. The lowest BCUT2D eigenvalue weighted by Crippen LogP contribution is -1.99. The van der Waals surface area contributed by atoms with Gasteiger partial charge in [-0.15, -0.1) is 0 Å². The Labute approximate surface area is 129 Å². The Balaban J connectivity index is 2.12. The highest BCUT2D eigenvalue weighted by Crippen LogP contribution is 2.14. The summed E-state index contributed by atoms with van der Waals surface area (Å²) in [6, 6.07) is 8.02. The van der Waals surface area contributed by atoms with Gasteiger partial charge in [0.25, 0.3) is 0 Å². The third kappa shape index (κ3) is 8.38. The van der Waals surface area contributed by atoms with Gasteiger partial charge in [-0.3, -0.25) is 0 Å². The lowest BCUT2D eigenvalue weighted by atomic mass is 10.1. The van der Waals surface area contributed by atoms with Crippen LogP contribution in [0.4, 0.5) is 0 Å². The summed E-state index contributed by atoms with van der Waals surface area (Å²) < 4.78 is 5.74. The highest BCUT2D eigenvalue weighted by Gasteiger charge is 1.98. The van der Waals surface area contributed by atoms with Crippen LogP contribution in [-0.2, 0) is 6.42 Å². The molecule has 0 fully saturated rings. The predicted octanol–water partition coefficient (Wildman–Crippen LogP) is 5.21. The number of hydrogen-bond donors (Lipinski definition) is 1. The molecule has 0 saturated carbocycles. The Kier molecular flexibility index (Phi) is 9.34. The predicted molar refractivity (Wildman–Crippen MR) is 88.5 cm³/mol. The van der Waals surface area contributed by atoms with Crippen molar-refractivity contribution in [3.8, 4) is 5.75 Å². The normalized spacial score (nSPS) is 11.6.